The monoisotopic (exact) mass is 890 g/mol. The minimum atomic E-state index is -0.666. The molecule has 2 heterocycles. The average molecular weight is 891 g/mol. The van der Waals surface area contributed by atoms with E-state index >= 15 is 0 Å². The number of furan rings is 1. The van der Waals surface area contributed by atoms with Crippen LogP contribution in [-0.4, -0.2) is 0 Å². The third-order valence-electron chi connectivity index (χ3n) is 15.2. The van der Waals surface area contributed by atoms with Crippen LogP contribution >= 0.6 is 0 Å². The summed E-state index contributed by atoms with van der Waals surface area (Å²) in [5, 5.41) is 2.26. The SMILES string of the molecule is c1ccc(N(c2ccc3c(c2)-c2ccccc2-c2ccccc2C32c3ccccc3-c3cc4oc5ccccc5c4cc32)c2cccc3c2N(c2ccccc2)c2ccccc2-c2ccccc2-3)cc1. The standard InChI is InChI=1S/C67H42N2O/c1-3-20-43(21-4-1)68(63-36-19-32-54-48-26-9-8-25-47(48)52-30-13-17-35-62(52)69(66(54)63)44-22-5-2-6-23-44)45-38-39-60-55(40-45)49-27-10-7-24-46(49)50-28-11-15-33-58(50)67(60)59-34-16-12-29-51(59)56-42-65-57(41-61(56)67)53-31-14-18-37-64(53)70-65/h1-42H. The Kier molecular flexibility index (Phi) is 8.28. The Morgan fingerprint density at radius 2 is 0.843 bits per heavy atom. The molecule has 12 aromatic rings. The van der Waals surface area contributed by atoms with Gasteiger partial charge in [0.25, 0.3) is 0 Å². The van der Waals surface area contributed by atoms with Crippen molar-refractivity contribution in [2.45, 2.75) is 5.41 Å². The molecule has 3 nitrogen and oxygen atoms in total. The highest BCUT2D eigenvalue weighted by Crippen LogP contribution is 2.63. The van der Waals surface area contributed by atoms with E-state index in [1.165, 1.54) is 77.9 Å². The Bertz CT molecular complexity index is 4090. The van der Waals surface area contributed by atoms with Gasteiger partial charge in [0.05, 0.1) is 22.5 Å². The molecule has 0 amide bonds. The van der Waals surface area contributed by atoms with E-state index in [0.29, 0.717) is 0 Å². The molecule has 0 radical (unpaired) electrons. The van der Waals surface area contributed by atoms with Gasteiger partial charge in [0.15, 0.2) is 0 Å². The van der Waals surface area contributed by atoms with Gasteiger partial charge in [0.1, 0.15) is 11.2 Å². The van der Waals surface area contributed by atoms with Crippen molar-refractivity contribution >= 4 is 56.1 Å². The van der Waals surface area contributed by atoms with Gasteiger partial charge in [-0.15, -0.1) is 0 Å². The third kappa shape index (κ3) is 5.34. The summed E-state index contributed by atoms with van der Waals surface area (Å²) in [7, 11) is 0. The van der Waals surface area contributed by atoms with Crippen molar-refractivity contribution in [1.82, 2.24) is 0 Å². The summed E-state index contributed by atoms with van der Waals surface area (Å²) in [6.07, 6.45) is 0. The normalized spacial score (nSPS) is 14.6. The van der Waals surface area contributed by atoms with E-state index in [0.717, 1.165) is 56.1 Å². The summed E-state index contributed by atoms with van der Waals surface area (Å²) in [5.41, 5.74) is 24.8. The van der Waals surface area contributed by atoms with Gasteiger partial charge >= 0.3 is 0 Å². The van der Waals surface area contributed by atoms with Crippen LogP contribution in [0.1, 0.15) is 22.3 Å². The fourth-order valence-electron chi connectivity index (χ4n) is 12.4. The summed E-state index contributed by atoms with van der Waals surface area (Å²) in [4.78, 5) is 4.96. The van der Waals surface area contributed by atoms with E-state index in [1.54, 1.807) is 0 Å². The molecule has 1 unspecified atom stereocenters. The van der Waals surface area contributed by atoms with Gasteiger partial charge in [0, 0.05) is 39.0 Å². The van der Waals surface area contributed by atoms with E-state index in [4.69, 9.17) is 4.42 Å². The van der Waals surface area contributed by atoms with Crippen LogP contribution in [0.5, 0.6) is 0 Å². The van der Waals surface area contributed by atoms with Gasteiger partial charge in [-0.05, 0) is 133 Å². The molecule has 0 fully saturated rings. The Hall–Kier alpha value is -9.18. The van der Waals surface area contributed by atoms with Crippen LogP contribution in [0.3, 0.4) is 0 Å². The second-order valence-electron chi connectivity index (χ2n) is 18.7. The second kappa shape index (κ2) is 14.9. The van der Waals surface area contributed by atoms with Crippen LogP contribution in [0.25, 0.3) is 77.6 Å². The molecule has 1 atom stereocenters. The van der Waals surface area contributed by atoms with Crippen LogP contribution in [0.15, 0.2) is 259 Å². The highest BCUT2D eigenvalue weighted by atomic mass is 16.3. The first-order valence-corrected chi connectivity index (χ1v) is 24.2. The molecular weight excluding hydrogens is 849 g/mol. The summed E-state index contributed by atoms with van der Waals surface area (Å²) >= 11 is 0. The lowest BCUT2D eigenvalue weighted by Crippen LogP contribution is -2.29. The van der Waals surface area contributed by atoms with Crippen LogP contribution in [0.4, 0.5) is 34.1 Å². The lowest BCUT2D eigenvalue weighted by atomic mass is 9.65. The fourth-order valence-corrected chi connectivity index (χ4v) is 12.4. The molecule has 1 spiro atoms. The maximum absolute atomic E-state index is 6.62. The highest BCUT2D eigenvalue weighted by Gasteiger charge is 2.50. The summed E-state index contributed by atoms with van der Waals surface area (Å²) in [6, 6.07) is 94.1. The number of rotatable bonds is 4. The molecule has 0 saturated heterocycles. The molecule has 326 valence electrons. The van der Waals surface area contributed by atoms with Gasteiger partial charge in [-0.25, -0.2) is 0 Å². The van der Waals surface area contributed by atoms with Crippen molar-refractivity contribution in [2.24, 2.45) is 0 Å². The number of hydrogen-bond acceptors (Lipinski definition) is 3. The Balaban J connectivity index is 1.05. The highest BCUT2D eigenvalue weighted by molar-refractivity contribution is 6.10. The Morgan fingerprint density at radius 3 is 1.59 bits per heavy atom. The first-order chi connectivity index (χ1) is 34.8. The molecule has 15 rings (SSSR count). The molecule has 0 saturated carbocycles. The maximum atomic E-state index is 6.62. The van der Waals surface area contributed by atoms with Gasteiger partial charge in [-0.2, -0.15) is 0 Å². The molecule has 1 aromatic heterocycles. The first kappa shape index (κ1) is 38.9. The van der Waals surface area contributed by atoms with Crippen molar-refractivity contribution < 1.29 is 4.42 Å². The molecule has 11 aromatic carbocycles. The van der Waals surface area contributed by atoms with Crippen LogP contribution in [-0.2, 0) is 5.41 Å². The zero-order valence-electron chi connectivity index (χ0n) is 38.1. The smallest absolute Gasteiger partial charge is 0.136 e. The zero-order valence-corrected chi connectivity index (χ0v) is 38.1. The number of nitrogens with zero attached hydrogens (tertiary/aromatic N) is 2. The van der Waals surface area contributed by atoms with Gasteiger partial charge in [-0.3, -0.25) is 0 Å². The predicted molar refractivity (Wildman–Crippen MR) is 289 cm³/mol. The fraction of sp³-hybridized carbons (Fsp3) is 0.0149. The van der Waals surface area contributed by atoms with Crippen molar-refractivity contribution in [3.8, 4) is 55.6 Å². The number of fused-ring (bicyclic) bond motifs is 20. The van der Waals surface area contributed by atoms with Gasteiger partial charge in [-0.1, -0.05) is 188 Å². The number of anilines is 6. The topological polar surface area (TPSA) is 19.6 Å². The van der Waals surface area contributed by atoms with Crippen LogP contribution < -0.4 is 9.80 Å². The van der Waals surface area contributed by atoms with Gasteiger partial charge < -0.3 is 14.2 Å². The lowest BCUT2D eigenvalue weighted by molar-refractivity contribution is 0.668. The first-order valence-electron chi connectivity index (χ1n) is 24.2. The molecule has 0 N–H and O–H groups in total. The van der Waals surface area contributed by atoms with Gasteiger partial charge in [0.2, 0.25) is 0 Å². The third-order valence-corrected chi connectivity index (χ3v) is 15.2. The zero-order chi connectivity index (χ0) is 45.9. The van der Waals surface area contributed by atoms with Crippen molar-refractivity contribution in [1.29, 1.82) is 0 Å². The van der Waals surface area contributed by atoms with E-state index in [2.05, 4.69) is 265 Å². The van der Waals surface area contributed by atoms with E-state index in [1.807, 2.05) is 0 Å². The minimum absolute atomic E-state index is 0.666. The summed E-state index contributed by atoms with van der Waals surface area (Å²) in [5.74, 6) is 0. The van der Waals surface area contributed by atoms with Crippen LogP contribution in [0, 0.1) is 0 Å². The average Bonchev–Trinajstić information content (AvgIpc) is 3.86. The van der Waals surface area contributed by atoms with Crippen LogP contribution in [0.2, 0.25) is 0 Å². The van der Waals surface area contributed by atoms with Crippen molar-refractivity contribution in [3.63, 3.8) is 0 Å². The van der Waals surface area contributed by atoms with E-state index < -0.39 is 5.41 Å². The molecular formula is C67H42N2O. The number of para-hydroxylation sites is 5. The quantitative estimate of drug-likeness (QED) is 0.176. The second-order valence-corrected chi connectivity index (χ2v) is 18.7. The Labute approximate surface area is 406 Å². The predicted octanol–water partition coefficient (Wildman–Crippen LogP) is 18.2. The lowest BCUT2D eigenvalue weighted by Gasteiger charge is -2.37. The van der Waals surface area contributed by atoms with E-state index in [-0.39, 0.29) is 0 Å². The molecule has 70 heavy (non-hydrogen) atoms. The molecule has 3 heteroatoms. The van der Waals surface area contributed by atoms with Crippen molar-refractivity contribution in [3.05, 3.63) is 277 Å². The number of hydrogen-bond donors (Lipinski definition) is 0. The molecule has 3 aliphatic rings. The largest absolute Gasteiger partial charge is 0.456 e. The maximum Gasteiger partial charge on any atom is 0.136 e. The molecule has 2 aliphatic carbocycles. The summed E-state index contributed by atoms with van der Waals surface area (Å²) < 4.78 is 6.62. The summed E-state index contributed by atoms with van der Waals surface area (Å²) in [6.45, 7) is 0. The molecule has 0 bridgehead atoms. The Morgan fingerprint density at radius 1 is 0.314 bits per heavy atom. The molecule has 1 aliphatic heterocycles. The van der Waals surface area contributed by atoms with E-state index in [9.17, 15) is 0 Å². The minimum Gasteiger partial charge on any atom is -0.456 e. The number of benzene rings is 11. The van der Waals surface area contributed by atoms with Crippen molar-refractivity contribution in [2.75, 3.05) is 9.80 Å².